The monoisotopic (exact) mass is 404 g/mol. The van der Waals surface area contributed by atoms with Crippen LogP contribution in [-0.2, 0) is 0 Å². The lowest BCUT2D eigenvalue weighted by Crippen LogP contribution is -2.18. The molecular formula is C23H21FN4S. The van der Waals surface area contributed by atoms with Crippen LogP contribution in [0.4, 0.5) is 15.9 Å². The number of hydrogen-bond donors (Lipinski definition) is 1. The number of fused-ring (bicyclic) bond motifs is 1. The average molecular weight is 405 g/mol. The van der Waals surface area contributed by atoms with Crippen molar-refractivity contribution in [3.8, 4) is 21.7 Å². The molecule has 0 radical (unpaired) electrons. The van der Waals surface area contributed by atoms with Crippen LogP contribution in [0.5, 0.6) is 0 Å². The minimum Gasteiger partial charge on any atom is -0.386 e. The Kier molecular flexibility index (Phi) is 4.64. The number of thiophene rings is 1. The second kappa shape index (κ2) is 7.44. The molecule has 6 heteroatoms. The van der Waals surface area contributed by atoms with Gasteiger partial charge in [-0.1, -0.05) is 6.07 Å². The van der Waals surface area contributed by atoms with E-state index < -0.39 is 0 Å². The molecule has 3 aromatic heterocycles. The van der Waals surface area contributed by atoms with Crippen LogP contribution < -0.4 is 10.2 Å². The number of rotatable bonds is 4. The molecule has 1 aliphatic heterocycles. The molecule has 5 rings (SSSR count). The van der Waals surface area contributed by atoms with E-state index in [1.807, 2.05) is 18.3 Å². The summed E-state index contributed by atoms with van der Waals surface area (Å²) in [5, 5.41) is 3.92. The SMILES string of the molecule is CNc1ccc(-c2cc3ccc(-c4ccc(N5CCCC5)nc4)nc3s2)cc1F. The summed E-state index contributed by atoms with van der Waals surface area (Å²) in [6, 6.07) is 15.6. The van der Waals surface area contributed by atoms with Gasteiger partial charge in [0.25, 0.3) is 0 Å². The van der Waals surface area contributed by atoms with Crippen LogP contribution in [0.2, 0.25) is 0 Å². The molecule has 0 bridgehead atoms. The van der Waals surface area contributed by atoms with Crippen LogP contribution in [0.3, 0.4) is 0 Å². The highest BCUT2D eigenvalue weighted by molar-refractivity contribution is 7.21. The third-order valence-corrected chi connectivity index (χ3v) is 6.47. The van der Waals surface area contributed by atoms with E-state index in [1.165, 1.54) is 12.8 Å². The zero-order valence-corrected chi connectivity index (χ0v) is 17.0. The van der Waals surface area contributed by atoms with Crippen molar-refractivity contribution in [2.45, 2.75) is 12.8 Å². The van der Waals surface area contributed by atoms with E-state index in [-0.39, 0.29) is 5.82 Å². The summed E-state index contributed by atoms with van der Waals surface area (Å²) in [6.45, 7) is 2.18. The van der Waals surface area contributed by atoms with E-state index in [0.29, 0.717) is 5.69 Å². The van der Waals surface area contributed by atoms with Gasteiger partial charge in [-0.25, -0.2) is 14.4 Å². The topological polar surface area (TPSA) is 41.0 Å². The van der Waals surface area contributed by atoms with Gasteiger partial charge in [-0.05, 0) is 60.9 Å². The van der Waals surface area contributed by atoms with Crippen LogP contribution in [0.25, 0.3) is 31.9 Å². The van der Waals surface area contributed by atoms with Gasteiger partial charge in [0.2, 0.25) is 0 Å². The first kappa shape index (κ1) is 18.1. The van der Waals surface area contributed by atoms with Crippen molar-refractivity contribution >= 4 is 33.1 Å². The lowest BCUT2D eigenvalue weighted by Gasteiger charge is -2.16. The molecule has 4 aromatic rings. The van der Waals surface area contributed by atoms with E-state index in [0.717, 1.165) is 50.8 Å². The van der Waals surface area contributed by atoms with Gasteiger partial charge in [-0.15, -0.1) is 11.3 Å². The Morgan fingerprint density at radius 3 is 2.55 bits per heavy atom. The Morgan fingerprint density at radius 1 is 1.00 bits per heavy atom. The molecule has 1 fully saturated rings. The Bertz CT molecular complexity index is 1160. The van der Waals surface area contributed by atoms with Crippen LogP contribution in [0.1, 0.15) is 12.8 Å². The molecule has 1 N–H and O–H groups in total. The first-order valence-electron chi connectivity index (χ1n) is 9.81. The number of pyridine rings is 2. The lowest BCUT2D eigenvalue weighted by atomic mass is 10.1. The van der Waals surface area contributed by atoms with Crippen LogP contribution in [0, 0.1) is 5.82 Å². The lowest BCUT2D eigenvalue weighted by molar-refractivity contribution is 0.632. The third kappa shape index (κ3) is 3.44. The fraction of sp³-hybridized carbons (Fsp3) is 0.217. The van der Waals surface area contributed by atoms with Crippen molar-refractivity contribution in [3.63, 3.8) is 0 Å². The summed E-state index contributed by atoms with van der Waals surface area (Å²) in [6.07, 6.45) is 4.39. The molecular weight excluding hydrogens is 383 g/mol. The van der Waals surface area contributed by atoms with Gasteiger partial charge in [0, 0.05) is 42.2 Å². The molecule has 0 atom stereocenters. The largest absolute Gasteiger partial charge is 0.386 e. The predicted octanol–water partition coefficient (Wildman–Crippen LogP) is 5.81. The second-order valence-corrected chi connectivity index (χ2v) is 8.28. The fourth-order valence-electron chi connectivity index (χ4n) is 3.76. The van der Waals surface area contributed by atoms with Crippen LogP contribution >= 0.6 is 11.3 Å². The molecule has 29 heavy (non-hydrogen) atoms. The van der Waals surface area contributed by atoms with Gasteiger partial charge in [0.1, 0.15) is 16.5 Å². The van der Waals surface area contributed by atoms with E-state index in [4.69, 9.17) is 4.98 Å². The number of nitrogens with one attached hydrogen (secondary N) is 1. The highest BCUT2D eigenvalue weighted by Crippen LogP contribution is 2.35. The van der Waals surface area contributed by atoms with Crippen molar-refractivity contribution < 1.29 is 4.39 Å². The maximum atomic E-state index is 14.1. The quantitative estimate of drug-likeness (QED) is 0.466. The van der Waals surface area contributed by atoms with E-state index >= 15 is 0 Å². The number of halogens is 1. The zero-order valence-electron chi connectivity index (χ0n) is 16.2. The molecule has 4 heterocycles. The number of aromatic nitrogens is 2. The predicted molar refractivity (Wildman–Crippen MR) is 119 cm³/mol. The van der Waals surface area contributed by atoms with Crippen LogP contribution in [0.15, 0.2) is 54.7 Å². The van der Waals surface area contributed by atoms with E-state index in [2.05, 4.69) is 39.5 Å². The third-order valence-electron chi connectivity index (χ3n) is 5.38. The maximum absolute atomic E-state index is 14.1. The van der Waals surface area contributed by atoms with Crippen molar-refractivity contribution in [2.75, 3.05) is 30.4 Å². The smallest absolute Gasteiger partial charge is 0.146 e. The molecule has 1 saturated heterocycles. The average Bonchev–Trinajstić information content (AvgIpc) is 3.43. The number of benzene rings is 1. The van der Waals surface area contributed by atoms with Crippen molar-refractivity contribution in [3.05, 3.63) is 60.5 Å². The number of hydrogen-bond acceptors (Lipinski definition) is 5. The molecule has 1 aliphatic rings. The van der Waals surface area contributed by atoms with Gasteiger partial charge in [0.15, 0.2) is 0 Å². The molecule has 1 aromatic carbocycles. The summed E-state index contributed by atoms with van der Waals surface area (Å²) in [5.74, 6) is 0.790. The summed E-state index contributed by atoms with van der Waals surface area (Å²) in [5.41, 5.74) is 3.28. The Balaban J connectivity index is 1.45. The van der Waals surface area contributed by atoms with Crippen molar-refractivity contribution in [2.24, 2.45) is 0 Å². The standard InChI is InChI=1S/C23H21FN4S/c1-25-20-8-4-15(12-18(20)24)21-13-16-5-7-19(27-23(16)29-21)17-6-9-22(26-14-17)28-10-2-3-11-28/h4-9,12-14,25H,2-3,10-11H2,1H3. The Labute approximate surface area is 173 Å². The first-order valence-corrected chi connectivity index (χ1v) is 10.6. The molecule has 0 aliphatic carbocycles. The van der Waals surface area contributed by atoms with E-state index in [9.17, 15) is 4.39 Å². The first-order chi connectivity index (χ1) is 14.2. The number of nitrogens with zero attached hydrogens (tertiary/aromatic N) is 3. The second-order valence-electron chi connectivity index (χ2n) is 7.25. The number of anilines is 2. The molecule has 0 amide bonds. The highest BCUT2D eigenvalue weighted by Gasteiger charge is 2.14. The molecule has 0 saturated carbocycles. The Morgan fingerprint density at radius 2 is 1.83 bits per heavy atom. The molecule has 0 unspecified atom stereocenters. The molecule has 4 nitrogen and oxygen atoms in total. The molecule has 146 valence electrons. The summed E-state index contributed by atoms with van der Waals surface area (Å²) >= 11 is 1.58. The van der Waals surface area contributed by atoms with Crippen LogP contribution in [-0.4, -0.2) is 30.1 Å². The highest BCUT2D eigenvalue weighted by atomic mass is 32.1. The Hall–Kier alpha value is -2.99. The minimum atomic E-state index is -0.250. The summed E-state index contributed by atoms with van der Waals surface area (Å²) in [7, 11) is 1.72. The zero-order chi connectivity index (χ0) is 19.8. The summed E-state index contributed by atoms with van der Waals surface area (Å²) < 4.78 is 14.1. The van der Waals surface area contributed by atoms with Gasteiger partial charge in [0.05, 0.1) is 11.4 Å². The van der Waals surface area contributed by atoms with Crippen molar-refractivity contribution in [1.29, 1.82) is 0 Å². The van der Waals surface area contributed by atoms with Crippen molar-refractivity contribution in [1.82, 2.24) is 9.97 Å². The fourth-order valence-corrected chi connectivity index (χ4v) is 4.79. The van der Waals surface area contributed by atoms with Gasteiger partial charge in [-0.3, -0.25) is 0 Å². The summed E-state index contributed by atoms with van der Waals surface area (Å²) in [4.78, 5) is 13.7. The van der Waals surface area contributed by atoms with E-state index in [1.54, 1.807) is 30.5 Å². The van der Waals surface area contributed by atoms with Gasteiger partial charge >= 0.3 is 0 Å². The normalized spacial score (nSPS) is 13.9. The molecule has 0 spiro atoms. The minimum absolute atomic E-state index is 0.250. The van der Waals surface area contributed by atoms with Gasteiger partial charge in [-0.2, -0.15) is 0 Å². The van der Waals surface area contributed by atoms with Gasteiger partial charge < -0.3 is 10.2 Å². The maximum Gasteiger partial charge on any atom is 0.146 e.